The van der Waals surface area contributed by atoms with Crippen molar-refractivity contribution in [2.75, 3.05) is 6.61 Å². The van der Waals surface area contributed by atoms with Crippen LogP contribution in [0.15, 0.2) is 23.1 Å². The fraction of sp³-hybridized carbons (Fsp3) is 0.500. The number of sulfonamides is 1. The molecular weight excluding hydrogens is 292 g/mol. The van der Waals surface area contributed by atoms with Gasteiger partial charge in [0.1, 0.15) is 0 Å². The van der Waals surface area contributed by atoms with E-state index in [1.165, 1.54) is 12.1 Å². The molecule has 6 nitrogen and oxygen atoms in total. The maximum absolute atomic E-state index is 12.4. The minimum Gasteiger partial charge on any atom is -0.377 e. The van der Waals surface area contributed by atoms with Crippen molar-refractivity contribution in [1.82, 2.24) is 4.72 Å². The van der Waals surface area contributed by atoms with Gasteiger partial charge in [0.2, 0.25) is 15.9 Å². The highest BCUT2D eigenvalue weighted by atomic mass is 32.2. The zero-order valence-corrected chi connectivity index (χ0v) is 12.9. The fourth-order valence-electron chi connectivity index (χ4n) is 2.42. The third-order valence-corrected chi connectivity index (χ3v) is 5.21. The van der Waals surface area contributed by atoms with Crippen LogP contribution in [0.4, 0.5) is 0 Å². The molecule has 0 aromatic heterocycles. The molecule has 0 saturated carbocycles. The number of aryl methyl sites for hydroxylation is 1. The molecule has 21 heavy (non-hydrogen) atoms. The van der Waals surface area contributed by atoms with Crippen LogP contribution in [0.1, 0.15) is 35.7 Å². The second-order valence-corrected chi connectivity index (χ2v) is 7.02. The van der Waals surface area contributed by atoms with Crippen molar-refractivity contribution < 1.29 is 17.9 Å². The van der Waals surface area contributed by atoms with Crippen LogP contribution < -0.4 is 10.5 Å². The van der Waals surface area contributed by atoms with Crippen molar-refractivity contribution in [1.29, 1.82) is 0 Å². The quantitative estimate of drug-likeness (QED) is 0.845. The largest absolute Gasteiger partial charge is 0.377 e. The van der Waals surface area contributed by atoms with E-state index in [2.05, 4.69) is 4.72 Å². The van der Waals surface area contributed by atoms with Gasteiger partial charge in [0, 0.05) is 18.2 Å². The maximum atomic E-state index is 12.4. The number of benzene rings is 1. The molecule has 1 aromatic carbocycles. The van der Waals surface area contributed by atoms with Gasteiger partial charge < -0.3 is 10.5 Å². The van der Waals surface area contributed by atoms with Gasteiger partial charge in [-0.25, -0.2) is 13.1 Å². The van der Waals surface area contributed by atoms with Crippen LogP contribution in [0.3, 0.4) is 0 Å². The van der Waals surface area contributed by atoms with E-state index >= 15 is 0 Å². The second-order valence-electron chi connectivity index (χ2n) is 5.30. The standard InChI is InChI=1S/C14H20N2O4S/c1-9-5-6-11(8-12(9)14(15)17)21(18,19)16-10(2)13-4-3-7-20-13/h5-6,8,10,13,16H,3-4,7H2,1-2H3,(H2,15,17)/t10-,13-/m0/s1. The number of hydrogen-bond acceptors (Lipinski definition) is 4. The Hall–Kier alpha value is -1.44. The molecule has 1 amide bonds. The Morgan fingerprint density at radius 2 is 2.19 bits per heavy atom. The molecule has 1 fully saturated rings. The number of hydrogen-bond donors (Lipinski definition) is 2. The molecule has 1 saturated heterocycles. The van der Waals surface area contributed by atoms with Gasteiger partial charge in [0.05, 0.1) is 11.0 Å². The molecule has 1 aromatic rings. The molecule has 0 spiro atoms. The zero-order valence-electron chi connectivity index (χ0n) is 12.1. The number of primary amides is 1. The number of nitrogens with two attached hydrogens (primary N) is 1. The average molecular weight is 312 g/mol. The molecular formula is C14H20N2O4S. The zero-order chi connectivity index (χ0) is 15.6. The Labute approximate surface area is 124 Å². The number of amides is 1. The Balaban J connectivity index is 2.23. The lowest BCUT2D eigenvalue weighted by Crippen LogP contribution is -2.40. The van der Waals surface area contributed by atoms with E-state index in [9.17, 15) is 13.2 Å². The van der Waals surface area contributed by atoms with Crippen molar-refractivity contribution >= 4 is 15.9 Å². The van der Waals surface area contributed by atoms with Crippen LogP contribution in [0.2, 0.25) is 0 Å². The van der Waals surface area contributed by atoms with Crippen molar-refractivity contribution in [3.63, 3.8) is 0 Å². The molecule has 2 rings (SSSR count). The van der Waals surface area contributed by atoms with E-state index in [0.717, 1.165) is 12.8 Å². The Morgan fingerprint density at radius 1 is 1.48 bits per heavy atom. The van der Waals surface area contributed by atoms with Crippen LogP contribution in [0.5, 0.6) is 0 Å². The molecule has 116 valence electrons. The van der Waals surface area contributed by atoms with E-state index in [4.69, 9.17) is 10.5 Å². The molecule has 7 heteroatoms. The molecule has 0 aliphatic carbocycles. The summed E-state index contributed by atoms with van der Waals surface area (Å²) in [6.45, 7) is 4.14. The first-order valence-electron chi connectivity index (χ1n) is 6.85. The minimum absolute atomic E-state index is 0.0340. The van der Waals surface area contributed by atoms with E-state index < -0.39 is 15.9 Å². The minimum atomic E-state index is -3.71. The maximum Gasteiger partial charge on any atom is 0.249 e. The summed E-state index contributed by atoms with van der Waals surface area (Å²) in [4.78, 5) is 11.4. The summed E-state index contributed by atoms with van der Waals surface area (Å²) in [5.74, 6) is -0.642. The molecule has 1 aliphatic rings. The monoisotopic (exact) mass is 312 g/mol. The fourth-order valence-corrected chi connectivity index (χ4v) is 3.72. The van der Waals surface area contributed by atoms with Crippen molar-refractivity contribution in [3.05, 3.63) is 29.3 Å². The van der Waals surface area contributed by atoms with Gasteiger partial charge >= 0.3 is 0 Å². The van der Waals surface area contributed by atoms with Gasteiger partial charge in [-0.15, -0.1) is 0 Å². The van der Waals surface area contributed by atoms with Crippen molar-refractivity contribution in [2.45, 2.75) is 43.7 Å². The molecule has 3 N–H and O–H groups in total. The van der Waals surface area contributed by atoms with E-state index in [0.29, 0.717) is 12.2 Å². The molecule has 0 bridgehead atoms. The first-order chi connectivity index (χ1) is 9.81. The van der Waals surface area contributed by atoms with Crippen LogP contribution in [-0.2, 0) is 14.8 Å². The lowest BCUT2D eigenvalue weighted by atomic mass is 10.1. The highest BCUT2D eigenvalue weighted by Crippen LogP contribution is 2.19. The lowest BCUT2D eigenvalue weighted by molar-refractivity contribution is 0.0902. The average Bonchev–Trinajstić information content (AvgIpc) is 2.92. The molecule has 1 heterocycles. The van der Waals surface area contributed by atoms with Crippen molar-refractivity contribution in [2.24, 2.45) is 5.73 Å². The van der Waals surface area contributed by atoms with Crippen LogP contribution in [0.25, 0.3) is 0 Å². The summed E-state index contributed by atoms with van der Waals surface area (Å²) in [7, 11) is -3.71. The Morgan fingerprint density at radius 3 is 2.76 bits per heavy atom. The van der Waals surface area contributed by atoms with Crippen LogP contribution in [-0.4, -0.2) is 33.1 Å². The smallest absolute Gasteiger partial charge is 0.249 e. The number of carbonyl (C=O) groups excluding carboxylic acids is 1. The Bertz CT molecular complexity index is 636. The van der Waals surface area contributed by atoms with Gasteiger partial charge in [-0.2, -0.15) is 0 Å². The number of ether oxygens (including phenoxy) is 1. The third kappa shape index (κ3) is 3.61. The van der Waals surface area contributed by atoms with Gasteiger partial charge in [0.25, 0.3) is 0 Å². The molecule has 2 atom stereocenters. The SMILES string of the molecule is Cc1ccc(S(=O)(=O)N[C@@H](C)[C@@H]2CCCO2)cc1C(N)=O. The highest BCUT2D eigenvalue weighted by Gasteiger charge is 2.27. The second kappa shape index (κ2) is 6.13. The summed E-state index contributed by atoms with van der Waals surface area (Å²) in [6.07, 6.45) is 1.66. The molecule has 0 unspecified atom stereocenters. The Kier molecular flexibility index (Phi) is 4.65. The summed E-state index contributed by atoms with van der Waals surface area (Å²) in [6, 6.07) is 4.02. The van der Waals surface area contributed by atoms with Gasteiger partial charge in [-0.1, -0.05) is 6.07 Å². The lowest BCUT2D eigenvalue weighted by Gasteiger charge is -2.20. The van der Waals surface area contributed by atoms with Crippen LogP contribution in [0, 0.1) is 6.92 Å². The third-order valence-electron chi connectivity index (χ3n) is 3.65. The summed E-state index contributed by atoms with van der Waals surface area (Å²) >= 11 is 0. The van der Waals surface area contributed by atoms with Gasteiger partial charge in [0.15, 0.2) is 0 Å². The van der Waals surface area contributed by atoms with Gasteiger partial charge in [-0.05, 0) is 44.4 Å². The topological polar surface area (TPSA) is 98.5 Å². The number of rotatable bonds is 5. The van der Waals surface area contributed by atoms with Crippen LogP contribution >= 0.6 is 0 Å². The number of carbonyl (C=O) groups is 1. The predicted molar refractivity (Wildman–Crippen MR) is 78.5 cm³/mol. The van der Waals surface area contributed by atoms with Gasteiger partial charge in [-0.3, -0.25) is 4.79 Å². The summed E-state index contributed by atoms with van der Waals surface area (Å²) < 4.78 is 32.8. The summed E-state index contributed by atoms with van der Waals surface area (Å²) in [5.41, 5.74) is 6.11. The van der Waals surface area contributed by atoms with E-state index in [1.807, 2.05) is 0 Å². The van der Waals surface area contributed by atoms with E-state index in [-0.39, 0.29) is 22.6 Å². The first-order valence-corrected chi connectivity index (χ1v) is 8.34. The summed E-state index contributed by atoms with van der Waals surface area (Å²) in [5, 5.41) is 0. The van der Waals surface area contributed by atoms with Crippen molar-refractivity contribution in [3.8, 4) is 0 Å². The number of nitrogens with one attached hydrogen (secondary N) is 1. The first kappa shape index (κ1) is 15.9. The predicted octanol–water partition coefficient (Wildman–Crippen LogP) is 0.940. The highest BCUT2D eigenvalue weighted by molar-refractivity contribution is 7.89. The normalized spacial score (nSPS) is 20.4. The van der Waals surface area contributed by atoms with E-state index in [1.54, 1.807) is 19.9 Å². The molecule has 1 aliphatic heterocycles. The molecule has 0 radical (unpaired) electrons.